The molecule has 0 aromatic heterocycles. The summed E-state index contributed by atoms with van der Waals surface area (Å²) in [6.45, 7) is 2.32. The van der Waals surface area contributed by atoms with Crippen LogP contribution in [-0.4, -0.2) is 23.8 Å². The first kappa shape index (κ1) is 12.4. The van der Waals surface area contributed by atoms with Crippen molar-refractivity contribution in [1.82, 2.24) is 5.43 Å². The Kier molecular flexibility index (Phi) is 3.82. The SMILES string of the molecule is CCOc1cccc(/C=N/NC(=O)C2CC2)c1O. The summed E-state index contributed by atoms with van der Waals surface area (Å²) in [5.74, 6) is 0.496. The molecule has 0 bridgehead atoms. The number of ether oxygens (including phenoxy) is 1. The van der Waals surface area contributed by atoms with Crippen molar-refractivity contribution in [3.8, 4) is 11.5 Å². The summed E-state index contributed by atoms with van der Waals surface area (Å²) in [7, 11) is 0. The average molecular weight is 248 g/mol. The smallest absolute Gasteiger partial charge is 0.243 e. The predicted molar refractivity (Wildman–Crippen MR) is 67.7 cm³/mol. The van der Waals surface area contributed by atoms with E-state index in [1.807, 2.05) is 6.92 Å². The molecular weight excluding hydrogens is 232 g/mol. The average Bonchev–Trinajstić information content (AvgIpc) is 3.18. The molecule has 1 aromatic rings. The second kappa shape index (κ2) is 5.53. The van der Waals surface area contributed by atoms with Crippen LogP contribution in [0.25, 0.3) is 0 Å². The van der Waals surface area contributed by atoms with Crippen LogP contribution in [0.4, 0.5) is 0 Å². The van der Waals surface area contributed by atoms with Crippen molar-refractivity contribution < 1.29 is 14.6 Å². The number of carbonyl (C=O) groups is 1. The number of hydrogen-bond donors (Lipinski definition) is 2. The van der Waals surface area contributed by atoms with E-state index in [1.54, 1.807) is 18.2 Å². The maximum atomic E-state index is 11.3. The van der Waals surface area contributed by atoms with Crippen LogP contribution in [0, 0.1) is 5.92 Å². The standard InChI is InChI=1S/C13H16N2O3/c1-2-18-11-5-3-4-10(12(11)16)8-14-15-13(17)9-6-7-9/h3-5,8-9,16H,2,6-7H2,1H3,(H,15,17)/b14-8+. The first-order valence-corrected chi connectivity index (χ1v) is 6.00. The van der Waals surface area contributed by atoms with E-state index in [0.29, 0.717) is 17.9 Å². The second-order valence-corrected chi connectivity index (χ2v) is 4.14. The van der Waals surface area contributed by atoms with E-state index in [4.69, 9.17) is 4.74 Å². The molecule has 0 radical (unpaired) electrons. The zero-order valence-electron chi connectivity index (χ0n) is 10.2. The van der Waals surface area contributed by atoms with Crippen molar-refractivity contribution >= 4 is 12.1 Å². The molecule has 5 nitrogen and oxygen atoms in total. The molecule has 0 spiro atoms. The van der Waals surface area contributed by atoms with Crippen LogP contribution in [0.5, 0.6) is 11.5 Å². The summed E-state index contributed by atoms with van der Waals surface area (Å²) in [6, 6.07) is 5.14. The van der Waals surface area contributed by atoms with Gasteiger partial charge in [-0.05, 0) is 31.9 Å². The summed E-state index contributed by atoms with van der Waals surface area (Å²) in [5.41, 5.74) is 2.96. The molecule has 0 unspecified atom stereocenters. The number of benzene rings is 1. The summed E-state index contributed by atoms with van der Waals surface area (Å²) in [6.07, 6.45) is 3.29. The number of carbonyl (C=O) groups excluding carboxylic acids is 1. The highest BCUT2D eigenvalue weighted by molar-refractivity contribution is 5.87. The van der Waals surface area contributed by atoms with Gasteiger partial charge >= 0.3 is 0 Å². The van der Waals surface area contributed by atoms with Gasteiger partial charge in [0.25, 0.3) is 0 Å². The molecule has 1 aromatic carbocycles. The molecule has 1 amide bonds. The van der Waals surface area contributed by atoms with Gasteiger partial charge in [-0.2, -0.15) is 5.10 Å². The zero-order valence-corrected chi connectivity index (χ0v) is 10.2. The lowest BCUT2D eigenvalue weighted by Crippen LogP contribution is -2.18. The minimum atomic E-state index is -0.0632. The number of hydrazone groups is 1. The van der Waals surface area contributed by atoms with Gasteiger partial charge in [0.05, 0.1) is 12.8 Å². The zero-order chi connectivity index (χ0) is 13.0. The first-order valence-electron chi connectivity index (χ1n) is 6.00. The minimum absolute atomic E-state index is 0.0313. The van der Waals surface area contributed by atoms with Gasteiger partial charge in [-0.1, -0.05) is 6.07 Å². The Morgan fingerprint density at radius 2 is 2.39 bits per heavy atom. The van der Waals surface area contributed by atoms with Gasteiger partial charge < -0.3 is 9.84 Å². The molecule has 18 heavy (non-hydrogen) atoms. The number of nitrogens with one attached hydrogen (secondary N) is 1. The Labute approximate surface area is 105 Å². The lowest BCUT2D eigenvalue weighted by atomic mass is 10.2. The number of hydrogen-bond acceptors (Lipinski definition) is 4. The molecule has 2 rings (SSSR count). The van der Waals surface area contributed by atoms with Gasteiger partial charge in [0.2, 0.25) is 5.91 Å². The van der Waals surface area contributed by atoms with Crippen molar-refractivity contribution in [2.45, 2.75) is 19.8 Å². The van der Waals surface area contributed by atoms with Gasteiger partial charge in [0.1, 0.15) is 0 Å². The number of amides is 1. The number of nitrogens with zero attached hydrogens (tertiary/aromatic N) is 1. The highest BCUT2D eigenvalue weighted by atomic mass is 16.5. The van der Waals surface area contributed by atoms with Gasteiger partial charge in [-0.15, -0.1) is 0 Å². The van der Waals surface area contributed by atoms with E-state index < -0.39 is 0 Å². The van der Waals surface area contributed by atoms with Crippen LogP contribution in [0.15, 0.2) is 23.3 Å². The molecular formula is C13H16N2O3. The topological polar surface area (TPSA) is 70.9 Å². The Balaban J connectivity index is 2.01. The molecule has 0 atom stereocenters. The fourth-order valence-electron chi connectivity index (χ4n) is 1.52. The van der Waals surface area contributed by atoms with Crippen LogP contribution in [0.1, 0.15) is 25.3 Å². The van der Waals surface area contributed by atoms with Crippen LogP contribution >= 0.6 is 0 Å². The third-order valence-corrected chi connectivity index (χ3v) is 2.66. The van der Waals surface area contributed by atoms with E-state index in [9.17, 15) is 9.90 Å². The number of para-hydroxylation sites is 1. The van der Waals surface area contributed by atoms with Crippen molar-refractivity contribution in [1.29, 1.82) is 0 Å². The van der Waals surface area contributed by atoms with Crippen LogP contribution in [-0.2, 0) is 4.79 Å². The van der Waals surface area contributed by atoms with Crippen LogP contribution in [0.2, 0.25) is 0 Å². The molecule has 0 aliphatic heterocycles. The Bertz CT molecular complexity index is 467. The summed E-state index contributed by atoms with van der Waals surface area (Å²) < 4.78 is 5.25. The van der Waals surface area contributed by atoms with Crippen molar-refractivity contribution in [2.75, 3.05) is 6.61 Å². The molecule has 1 saturated carbocycles. The molecule has 0 heterocycles. The molecule has 96 valence electrons. The number of phenols is 1. The molecule has 5 heteroatoms. The van der Waals surface area contributed by atoms with E-state index >= 15 is 0 Å². The summed E-state index contributed by atoms with van der Waals surface area (Å²) in [4.78, 5) is 11.3. The lowest BCUT2D eigenvalue weighted by molar-refractivity contribution is -0.122. The Morgan fingerprint density at radius 1 is 1.61 bits per heavy atom. The fraction of sp³-hybridized carbons (Fsp3) is 0.385. The van der Waals surface area contributed by atoms with Crippen LogP contribution < -0.4 is 10.2 Å². The Hall–Kier alpha value is -2.04. The van der Waals surface area contributed by atoms with Gasteiger partial charge in [0.15, 0.2) is 11.5 Å². The van der Waals surface area contributed by atoms with Gasteiger partial charge in [-0.3, -0.25) is 4.79 Å². The normalized spacial score (nSPS) is 14.7. The highest BCUT2D eigenvalue weighted by Crippen LogP contribution is 2.29. The van der Waals surface area contributed by atoms with Crippen LogP contribution in [0.3, 0.4) is 0 Å². The van der Waals surface area contributed by atoms with Crippen molar-refractivity contribution in [2.24, 2.45) is 11.0 Å². The predicted octanol–water partition coefficient (Wildman–Crippen LogP) is 1.65. The van der Waals surface area contributed by atoms with Gasteiger partial charge in [0, 0.05) is 11.5 Å². The first-order chi connectivity index (χ1) is 8.72. The van der Waals surface area contributed by atoms with Crippen molar-refractivity contribution in [3.05, 3.63) is 23.8 Å². The monoisotopic (exact) mass is 248 g/mol. The minimum Gasteiger partial charge on any atom is -0.504 e. The van der Waals surface area contributed by atoms with E-state index in [2.05, 4.69) is 10.5 Å². The summed E-state index contributed by atoms with van der Waals surface area (Å²) in [5, 5.41) is 13.7. The number of phenolic OH excluding ortho intramolecular Hbond substituents is 1. The third-order valence-electron chi connectivity index (χ3n) is 2.66. The maximum Gasteiger partial charge on any atom is 0.243 e. The number of rotatable bonds is 5. The molecule has 1 aliphatic carbocycles. The highest BCUT2D eigenvalue weighted by Gasteiger charge is 2.29. The lowest BCUT2D eigenvalue weighted by Gasteiger charge is -2.07. The van der Waals surface area contributed by atoms with Gasteiger partial charge in [-0.25, -0.2) is 5.43 Å². The van der Waals surface area contributed by atoms with E-state index in [-0.39, 0.29) is 17.6 Å². The van der Waals surface area contributed by atoms with Crippen molar-refractivity contribution in [3.63, 3.8) is 0 Å². The Morgan fingerprint density at radius 3 is 3.06 bits per heavy atom. The fourth-order valence-corrected chi connectivity index (χ4v) is 1.52. The quantitative estimate of drug-likeness (QED) is 0.615. The largest absolute Gasteiger partial charge is 0.504 e. The van der Waals surface area contributed by atoms with E-state index in [1.165, 1.54) is 6.21 Å². The molecule has 2 N–H and O–H groups in total. The summed E-state index contributed by atoms with van der Waals surface area (Å²) >= 11 is 0. The third kappa shape index (κ3) is 3.00. The number of aromatic hydroxyl groups is 1. The maximum absolute atomic E-state index is 11.3. The molecule has 1 fully saturated rings. The van der Waals surface area contributed by atoms with E-state index in [0.717, 1.165) is 12.8 Å². The molecule has 1 aliphatic rings. The second-order valence-electron chi connectivity index (χ2n) is 4.14. The molecule has 0 saturated heterocycles.